The van der Waals surface area contributed by atoms with Gasteiger partial charge in [0.25, 0.3) is 0 Å². The Morgan fingerprint density at radius 1 is 1.03 bits per heavy atom. The van der Waals surface area contributed by atoms with E-state index in [0.29, 0.717) is 26.9 Å². The van der Waals surface area contributed by atoms with Crippen molar-refractivity contribution in [1.29, 1.82) is 0 Å². The molecule has 0 bridgehead atoms. The van der Waals surface area contributed by atoms with Crippen molar-refractivity contribution >= 4 is 52.5 Å². The van der Waals surface area contributed by atoms with Gasteiger partial charge < -0.3 is 11.1 Å². The minimum atomic E-state index is -1.53. The van der Waals surface area contributed by atoms with Crippen LogP contribution in [-0.2, 0) is 31.3 Å². The maximum Gasteiger partial charge on any atom is 0.250 e. The molecule has 2 aromatic rings. The molecule has 2 saturated heterocycles. The number of amides is 4. The van der Waals surface area contributed by atoms with E-state index >= 15 is 0 Å². The van der Waals surface area contributed by atoms with Crippen molar-refractivity contribution in [3.05, 3.63) is 63.6 Å². The van der Waals surface area contributed by atoms with Crippen molar-refractivity contribution in [2.24, 2.45) is 17.6 Å². The van der Waals surface area contributed by atoms with Crippen molar-refractivity contribution in [1.82, 2.24) is 10.2 Å². The van der Waals surface area contributed by atoms with Crippen LogP contribution in [0, 0.1) is 11.8 Å². The lowest BCUT2D eigenvalue weighted by atomic mass is 9.76. The molecule has 8 nitrogen and oxygen atoms in total. The monoisotopic (exact) mass is 472 g/mol. The number of halogens is 2. The van der Waals surface area contributed by atoms with Gasteiger partial charge in [-0.1, -0.05) is 53.5 Å². The first-order valence-corrected chi connectivity index (χ1v) is 10.8. The lowest BCUT2D eigenvalue weighted by Crippen LogP contribution is -2.53. The molecule has 4 amide bonds. The fourth-order valence-electron chi connectivity index (χ4n) is 5.20. The Morgan fingerprint density at radius 2 is 1.75 bits per heavy atom. The third-order valence-electron chi connectivity index (χ3n) is 6.50. The van der Waals surface area contributed by atoms with Crippen LogP contribution in [0.4, 0.5) is 5.69 Å². The van der Waals surface area contributed by atoms with Crippen LogP contribution in [0.15, 0.2) is 42.5 Å². The standard InChI is InChI=1S/C22H18Cl2N4O4/c23-12-6-2-1-4-10(12)9-28-19(30)16-14(8-15(25)29)27-22(17(16)20(28)31)11-5-3-7-13(24)18(11)26-21(22)32/h1-7,14,16-17,27H,8-9H2,(H2,25,29)(H,26,32)/t14?,16-,17+,22?/m1/s1. The minimum absolute atomic E-state index is 0.0340. The fraction of sp³-hybridized carbons (Fsp3) is 0.273. The first-order chi connectivity index (χ1) is 15.3. The van der Waals surface area contributed by atoms with E-state index in [0.717, 1.165) is 4.90 Å². The number of benzene rings is 2. The number of para-hydroxylation sites is 1. The summed E-state index contributed by atoms with van der Waals surface area (Å²) in [6, 6.07) is 11.1. The summed E-state index contributed by atoms with van der Waals surface area (Å²) in [5.74, 6) is -4.12. The number of nitrogens with zero attached hydrogens (tertiary/aromatic N) is 1. The summed E-state index contributed by atoms with van der Waals surface area (Å²) in [6.45, 7) is -0.0340. The van der Waals surface area contributed by atoms with Gasteiger partial charge in [-0.05, 0) is 17.7 Å². The van der Waals surface area contributed by atoms with Crippen molar-refractivity contribution in [3.63, 3.8) is 0 Å². The quantitative estimate of drug-likeness (QED) is 0.585. The summed E-state index contributed by atoms with van der Waals surface area (Å²) in [6.07, 6.45) is -0.203. The minimum Gasteiger partial charge on any atom is -0.370 e. The number of imide groups is 1. The number of rotatable bonds is 4. The van der Waals surface area contributed by atoms with E-state index in [1.165, 1.54) is 0 Å². The molecular formula is C22H18Cl2N4O4. The second kappa shape index (κ2) is 7.30. The molecule has 3 aliphatic heterocycles. The molecular weight excluding hydrogens is 455 g/mol. The number of carbonyl (C=O) groups is 4. The summed E-state index contributed by atoms with van der Waals surface area (Å²) in [7, 11) is 0. The highest BCUT2D eigenvalue weighted by Gasteiger charge is 2.70. The molecule has 10 heteroatoms. The van der Waals surface area contributed by atoms with Crippen molar-refractivity contribution < 1.29 is 19.2 Å². The third kappa shape index (κ3) is 2.80. The van der Waals surface area contributed by atoms with Crippen LogP contribution in [0.3, 0.4) is 0 Å². The maximum atomic E-state index is 13.6. The summed E-state index contributed by atoms with van der Waals surface area (Å²) in [4.78, 5) is 53.3. The lowest BCUT2D eigenvalue weighted by Gasteiger charge is -2.29. The van der Waals surface area contributed by atoms with E-state index in [9.17, 15) is 19.2 Å². The molecule has 0 saturated carbocycles. The molecule has 0 aromatic heterocycles. The second-order valence-corrected chi connectivity index (χ2v) is 9.02. The number of nitrogens with one attached hydrogen (secondary N) is 2. The Bertz CT molecular complexity index is 1200. The maximum absolute atomic E-state index is 13.6. The van der Waals surface area contributed by atoms with Gasteiger partial charge in [0.2, 0.25) is 23.6 Å². The molecule has 2 fully saturated rings. The third-order valence-corrected chi connectivity index (χ3v) is 7.18. The predicted octanol–water partition coefficient (Wildman–Crippen LogP) is 1.79. The number of anilines is 1. The van der Waals surface area contributed by atoms with Gasteiger partial charge in [0.1, 0.15) is 5.54 Å². The lowest BCUT2D eigenvalue weighted by molar-refractivity contribution is -0.143. The number of likely N-dealkylation sites (tertiary alicyclic amines) is 1. The molecule has 32 heavy (non-hydrogen) atoms. The zero-order valence-electron chi connectivity index (χ0n) is 16.6. The molecule has 5 rings (SSSR count). The first-order valence-electron chi connectivity index (χ1n) is 10.0. The van der Waals surface area contributed by atoms with Crippen molar-refractivity contribution in [2.45, 2.75) is 24.5 Å². The average molecular weight is 473 g/mol. The molecule has 0 aliphatic carbocycles. The van der Waals surface area contributed by atoms with Gasteiger partial charge >= 0.3 is 0 Å². The van der Waals surface area contributed by atoms with Crippen molar-refractivity contribution in [3.8, 4) is 0 Å². The smallest absolute Gasteiger partial charge is 0.250 e. The zero-order valence-corrected chi connectivity index (χ0v) is 18.1. The van der Waals surface area contributed by atoms with Crippen LogP contribution in [0.2, 0.25) is 10.0 Å². The number of hydrogen-bond donors (Lipinski definition) is 3. The van der Waals surface area contributed by atoms with Crippen LogP contribution in [-0.4, -0.2) is 34.6 Å². The van der Waals surface area contributed by atoms with Gasteiger partial charge in [-0.2, -0.15) is 0 Å². The summed E-state index contributed by atoms with van der Waals surface area (Å²) >= 11 is 12.5. The topological polar surface area (TPSA) is 122 Å². The van der Waals surface area contributed by atoms with Gasteiger partial charge in [0.05, 0.1) is 29.1 Å². The number of nitrogens with two attached hydrogens (primary N) is 1. The Labute approximate surface area is 193 Å². The normalized spacial score (nSPS) is 28.2. The number of fused-ring (bicyclic) bond motifs is 4. The highest BCUT2D eigenvalue weighted by atomic mass is 35.5. The predicted molar refractivity (Wildman–Crippen MR) is 116 cm³/mol. The van der Waals surface area contributed by atoms with E-state index in [-0.39, 0.29) is 13.0 Å². The van der Waals surface area contributed by atoms with Crippen molar-refractivity contribution in [2.75, 3.05) is 5.32 Å². The largest absolute Gasteiger partial charge is 0.370 e. The molecule has 2 unspecified atom stereocenters. The average Bonchev–Trinajstić information content (AvgIpc) is 3.31. The summed E-state index contributed by atoms with van der Waals surface area (Å²) in [5.41, 5.74) is 5.35. The molecule has 2 aromatic carbocycles. The Morgan fingerprint density at radius 3 is 2.47 bits per heavy atom. The molecule has 164 valence electrons. The van der Waals surface area contributed by atoms with Gasteiger partial charge in [-0.25, -0.2) is 0 Å². The second-order valence-electron chi connectivity index (χ2n) is 8.20. The first kappa shape index (κ1) is 20.9. The van der Waals surface area contributed by atoms with Crippen LogP contribution < -0.4 is 16.4 Å². The molecule has 3 aliphatic rings. The van der Waals surface area contributed by atoms with Crippen LogP contribution in [0.5, 0.6) is 0 Å². The molecule has 1 spiro atoms. The van der Waals surface area contributed by atoms with Gasteiger partial charge in [-0.15, -0.1) is 0 Å². The number of primary amides is 1. The zero-order chi connectivity index (χ0) is 22.8. The molecule has 4 N–H and O–H groups in total. The van der Waals surface area contributed by atoms with Gasteiger partial charge in [0, 0.05) is 23.0 Å². The van der Waals surface area contributed by atoms with E-state index in [2.05, 4.69) is 10.6 Å². The number of carbonyl (C=O) groups excluding carboxylic acids is 4. The van der Waals surface area contributed by atoms with Gasteiger partial charge in [-0.3, -0.25) is 29.4 Å². The summed E-state index contributed by atoms with van der Waals surface area (Å²) < 4.78 is 0. The van der Waals surface area contributed by atoms with Crippen LogP contribution in [0.1, 0.15) is 17.5 Å². The summed E-state index contributed by atoms with van der Waals surface area (Å²) in [5, 5.41) is 6.60. The number of hydrogen-bond acceptors (Lipinski definition) is 5. The van der Waals surface area contributed by atoms with Crippen LogP contribution in [0.25, 0.3) is 0 Å². The van der Waals surface area contributed by atoms with E-state index in [4.69, 9.17) is 28.9 Å². The Balaban J connectivity index is 1.62. The van der Waals surface area contributed by atoms with E-state index in [1.54, 1.807) is 42.5 Å². The van der Waals surface area contributed by atoms with E-state index < -0.39 is 47.0 Å². The SMILES string of the molecule is NC(=O)CC1NC2(C(=O)Nc3c(Cl)cccc32)[C@@H]2C(=O)N(Cc3ccccc3Cl)C(=O)[C@H]12. The van der Waals surface area contributed by atoms with Crippen LogP contribution >= 0.6 is 23.2 Å². The molecule has 0 radical (unpaired) electrons. The highest BCUT2D eigenvalue weighted by molar-refractivity contribution is 6.35. The fourth-order valence-corrected chi connectivity index (χ4v) is 5.61. The highest BCUT2D eigenvalue weighted by Crippen LogP contribution is 2.54. The molecule has 3 heterocycles. The van der Waals surface area contributed by atoms with Gasteiger partial charge in [0.15, 0.2) is 0 Å². The van der Waals surface area contributed by atoms with E-state index in [1.807, 2.05) is 0 Å². The Kier molecular flexibility index (Phi) is 4.77. The molecule has 4 atom stereocenters. The Hall–Kier alpha value is -2.94.